The highest BCUT2D eigenvalue weighted by molar-refractivity contribution is 6.08. The predicted molar refractivity (Wildman–Crippen MR) is 120 cm³/mol. The molecule has 31 heavy (non-hydrogen) atoms. The smallest absolute Gasteiger partial charge is 0.325 e. The number of rotatable bonds is 5. The van der Waals surface area contributed by atoms with Gasteiger partial charge in [0.2, 0.25) is 5.91 Å². The summed E-state index contributed by atoms with van der Waals surface area (Å²) in [5, 5.41) is 6.57. The van der Waals surface area contributed by atoms with Crippen molar-refractivity contribution in [3.8, 4) is 0 Å². The maximum Gasteiger partial charge on any atom is 0.325 e. The number of carbonyl (C=O) groups excluding carboxylic acids is 3. The van der Waals surface area contributed by atoms with Crippen LogP contribution in [0.2, 0.25) is 0 Å². The summed E-state index contributed by atoms with van der Waals surface area (Å²) in [5.74, 6) is -0.803. The highest BCUT2D eigenvalue weighted by Crippen LogP contribution is 2.29. The van der Waals surface area contributed by atoms with Crippen LogP contribution in [0, 0.1) is 0 Å². The van der Waals surface area contributed by atoms with Crippen molar-refractivity contribution in [3.63, 3.8) is 0 Å². The molecule has 3 aromatic rings. The number of hydrogen-bond acceptors (Lipinski definition) is 3. The van der Waals surface area contributed by atoms with Crippen LogP contribution in [0.15, 0.2) is 54.7 Å². The lowest BCUT2D eigenvalue weighted by Crippen LogP contribution is -2.38. The number of urea groups is 1. The maximum absolute atomic E-state index is 12.8. The van der Waals surface area contributed by atoms with Crippen molar-refractivity contribution in [2.24, 2.45) is 0 Å². The summed E-state index contributed by atoms with van der Waals surface area (Å²) in [7, 11) is 0. The number of nitrogens with one attached hydrogen (secondary N) is 3. The maximum atomic E-state index is 12.8. The minimum atomic E-state index is -0.693. The average Bonchev–Trinajstić information content (AvgIpc) is 3.24. The first kappa shape index (κ1) is 20.7. The van der Waals surface area contributed by atoms with Crippen LogP contribution in [-0.2, 0) is 21.4 Å². The first-order chi connectivity index (χ1) is 14.7. The SMILES string of the molecule is CC(C)(C)c1ccccc1NC(=O)CN1C(=O)NC(Cc2c[nH]c3ccccc23)C1=O. The molecule has 2 aromatic carbocycles. The van der Waals surface area contributed by atoms with Gasteiger partial charge in [-0.25, -0.2) is 4.79 Å². The summed E-state index contributed by atoms with van der Waals surface area (Å²) >= 11 is 0. The molecule has 160 valence electrons. The van der Waals surface area contributed by atoms with Gasteiger partial charge in [0.25, 0.3) is 5.91 Å². The van der Waals surface area contributed by atoms with Crippen molar-refractivity contribution in [1.29, 1.82) is 0 Å². The molecule has 1 saturated heterocycles. The Morgan fingerprint density at radius 3 is 2.55 bits per heavy atom. The van der Waals surface area contributed by atoms with Crippen LogP contribution in [0.5, 0.6) is 0 Å². The third kappa shape index (κ3) is 4.17. The minimum absolute atomic E-state index is 0.158. The zero-order chi connectivity index (χ0) is 22.2. The first-order valence-electron chi connectivity index (χ1n) is 10.3. The molecule has 0 radical (unpaired) electrons. The molecular formula is C24H26N4O3. The molecule has 1 atom stereocenters. The van der Waals surface area contributed by atoms with Crippen LogP contribution in [0.1, 0.15) is 31.9 Å². The number of imide groups is 1. The van der Waals surface area contributed by atoms with Crippen molar-refractivity contribution in [2.45, 2.75) is 38.6 Å². The van der Waals surface area contributed by atoms with Crippen LogP contribution < -0.4 is 10.6 Å². The lowest BCUT2D eigenvalue weighted by Gasteiger charge is -2.23. The summed E-state index contributed by atoms with van der Waals surface area (Å²) in [6, 6.07) is 14.1. The van der Waals surface area contributed by atoms with Crippen LogP contribution in [0.4, 0.5) is 10.5 Å². The van der Waals surface area contributed by atoms with Gasteiger partial charge in [0.05, 0.1) is 0 Å². The molecule has 1 aliphatic heterocycles. The number of para-hydroxylation sites is 2. The highest BCUT2D eigenvalue weighted by Gasteiger charge is 2.39. The highest BCUT2D eigenvalue weighted by atomic mass is 16.2. The van der Waals surface area contributed by atoms with E-state index in [9.17, 15) is 14.4 Å². The molecule has 1 aliphatic rings. The molecule has 0 saturated carbocycles. The summed E-state index contributed by atoms with van der Waals surface area (Å²) < 4.78 is 0. The standard InChI is InChI=1S/C24H26N4O3/c1-24(2,3)17-9-5-7-11-19(17)26-21(29)14-28-22(30)20(27-23(28)31)12-15-13-25-18-10-6-4-8-16(15)18/h4-11,13,20,25H,12,14H2,1-3H3,(H,26,29)(H,27,31). The third-order valence-electron chi connectivity index (χ3n) is 5.52. The Morgan fingerprint density at radius 2 is 1.77 bits per heavy atom. The van der Waals surface area contributed by atoms with E-state index in [4.69, 9.17) is 0 Å². The van der Waals surface area contributed by atoms with E-state index in [2.05, 4.69) is 36.4 Å². The molecule has 4 amide bonds. The van der Waals surface area contributed by atoms with Gasteiger partial charge in [-0.2, -0.15) is 0 Å². The van der Waals surface area contributed by atoms with E-state index < -0.39 is 23.9 Å². The summed E-state index contributed by atoms with van der Waals surface area (Å²) in [5.41, 5.74) is 3.43. The third-order valence-corrected chi connectivity index (χ3v) is 5.52. The largest absolute Gasteiger partial charge is 0.361 e. The Morgan fingerprint density at radius 1 is 1.06 bits per heavy atom. The van der Waals surface area contributed by atoms with Crippen LogP contribution in [0.25, 0.3) is 10.9 Å². The molecule has 1 fully saturated rings. The van der Waals surface area contributed by atoms with Crippen molar-refractivity contribution in [1.82, 2.24) is 15.2 Å². The fraction of sp³-hybridized carbons (Fsp3) is 0.292. The van der Waals surface area contributed by atoms with E-state index in [0.29, 0.717) is 12.1 Å². The van der Waals surface area contributed by atoms with Crippen LogP contribution >= 0.6 is 0 Å². The first-order valence-corrected chi connectivity index (χ1v) is 10.3. The monoisotopic (exact) mass is 418 g/mol. The number of amides is 4. The van der Waals surface area contributed by atoms with Crippen LogP contribution in [0.3, 0.4) is 0 Å². The Bertz CT molecular complexity index is 1160. The molecule has 2 heterocycles. The van der Waals surface area contributed by atoms with Gasteiger partial charge in [0, 0.05) is 29.2 Å². The normalized spacial score (nSPS) is 16.6. The topological polar surface area (TPSA) is 94.3 Å². The van der Waals surface area contributed by atoms with Gasteiger partial charge in [-0.05, 0) is 28.7 Å². The van der Waals surface area contributed by atoms with Gasteiger partial charge in [0.15, 0.2) is 0 Å². The molecule has 7 heteroatoms. The van der Waals surface area contributed by atoms with E-state index in [1.807, 2.05) is 54.7 Å². The van der Waals surface area contributed by atoms with E-state index in [-0.39, 0.29) is 12.0 Å². The molecule has 0 aliphatic carbocycles. The number of aromatic nitrogens is 1. The van der Waals surface area contributed by atoms with Crippen molar-refractivity contribution in [3.05, 3.63) is 65.9 Å². The summed E-state index contributed by atoms with van der Waals surface area (Å²) in [6.07, 6.45) is 2.21. The van der Waals surface area contributed by atoms with Gasteiger partial charge in [-0.3, -0.25) is 14.5 Å². The van der Waals surface area contributed by atoms with Gasteiger partial charge in [-0.15, -0.1) is 0 Å². The number of benzene rings is 2. The van der Waals surface area contributed by atoms with Crippen LogP contribution in [-0.4, -0.2) is 40.3 Å². The lowest BCUT2D eigenvalue weighted by atomic mass is 9.86. The zero-order valence-corrected chi connectivity index (χ0v) is 17.9. The molecule has 0 bridgehead atoms. The zero-order valence-electron chi connectivity index (χ0n) is 17.9. The molecule has 1 unspecified atom stereocenters. The Hall–Kier alpha value is -3.61. The van der Waals surface area contributed by atoms with Crippen molar-refractivity contribution < 1.29 is 14.4 Å². The summed E-state index contributed by atoms with van der Waals surface area (Å²) in [6.45, 7) is 5.85. The van der Waals surface area contributed by atoms with E-state index in [0.717, 1.165) is 26.9 Å². The second kappa shape index (κ2) is 7.91. The van der Waals surface area contributed by atoms with Gasteiger partial charge >= 0.3 is 6.03 Å². The second-order valence-electron chi connectivity index (χ2n) is 8.83. The number of hydrogen-bond donors (Lipinski definition) is 3. The second-order valence-corrected chi connectivity index (χ2v) is 8.83. The Labute approximate surface area is 180 Å². The fourth-order valence-electron chi connectivity index (χ4n) is 3.96. The van der Waals surface area contributed by atoms with Gasteiger partial charge in [-0.1, -0.05) is 57.2 Å². The quantitative estimate of drug-likeness (QED) is 0.553. The average molecular weight is 418 g/mol. The van der Waals surface area contributed by atoms with Crippen molar-refractivity contribution >= 4 is 34.4 Å². The predicted octanol–water partition coefficient (Wildman–Crippen LogP) is 3.57. The number of fused-ring (bicyclic) bond motifs is 1. The summed E-state index contributed by atoms with van der Waals surface area (Å²) in [4.78, 5) is 42.1. The van der Waals surface area contributed by atoms with Gasteiger partial charge < -0.3 is 15.6 Å². The molecular weight excluding hydrogens is 392 g/mol. The molecule has 7 nitrogen and oxygen atoms in total. The minimum Gasteiger partial charge on any atom is -0.361 e. The molecule has 1 aromatic heterocycles. The van der Waals surface area contributed by atoms with E-state index in [1.165, 1.54) is 0 Å². The number of nitrogens with zero attached hydrogens (tertiary/aromatic N) is 1. The van der Waals surface area contributed by atoms with Gasteiger partial charge in [0.1, 0.15) is 12.6 Å². The number of carbonyl (C=O) groups is 3. The number of anilines is 1. The molecule has 3 N–H and O–H groups in total. The number of H-pyrrole nitrogens is 1. The fourth-order valence-corrected chi connectivity index (χ4v) is 3.96. The van der Waals surface area contributed by atoms with E-state index >= 15 is 0 Å². The number of aromatic amines is 1. The molecule has 4 rings (SSSR count). The van der Waals surface area contributed by atoms with E-state index in [1.54, 1.807) is 0 Å². The lowest BCUT2D eigenvalue weighted by molar-refractivity contribution is -0.130. The Kier molecular flexibility index (Phi) is 5.27. The molecule has 0 spiro atoms. The van der Waals surface area contributed by atoms with Crippen molar-refractivity contribution in [2.75, 3.05) is 11.9 Å². The Balaban J connectivity index is 1.44.